The van der Waals surface area contributed by atoms with Gasteiger partial charge in [-0.3, -0.25) is 4.84 Å². The summed E-state index contributed by atoms with van der Waals surface area (Å²) < 4.78 is 4.82. The van der Waals surface area contributed by atoms with Gasteiger partial charge in [-0.1, -0.05) is 0 Å². The van der Waals surface area contributed by atoms with Gasteiger partial charge in [0.2, 0.25) is 6.29 Å². The summed E-state index contributed by atoms with van der Waals surface area (Å²) in [6.45, 7) is -0.495. The van der Waals surface area contributed by atoms with Crippen LogP contribution in [0.3, 0.4) is 0 Å². The zero-order chi connectivity index (χ0) is 10.0. The highest BCUT2D eigenvalue weighted by Gasteiger charge is 2.43. The molecule has 0 aromatic carbocycles. The average molecular weight is 195 g/mol. The van der Waals surface area contributed by atoms with Gasteiger partial charge in [0.25, 0.3) is 0 Å². The van der Waals surface area contributed by atoms with Crippen molar-refractivity contribution in [3.8, 4) is 0 Å². The lowest BCUT2D eigenvalue weighted by atomic mass is 9.99. The van der Waals surface area contributed by atoms with Gasteiger partial charge in [-0.2, -0.15) is 0 Å². The number of rotatable bonds is 2. The minimum atomic E-state index is -1.44. The summed E-state index contributed by atoms with van der Waals surface area (Å²) in [6, 6.07) is 0. The van der Waals surface area contributed by atoms with Crippen molar-refractivity contribution in [1.29, 1.82) is 0 Å². The molecule has 0 bridgehead atoms. The van der Waals surface area contributed by atoms with Crippen molar-refractivity contribution in [2.24, 2.45) is 5.90 Å². The number of ether oxygens (including phenoxy) is 1. The molecule has 1 fully saturated rings. The Bertz CT molecular complexity index is 147. The maximum Gasteiger partial charge on any atom is 0.206 e. The van der Waals surface area contributed by atoms with E-state index in [0.717, 1.165) is 0 Å². The highest BCUT2D eigenvalue weighted by molar-refractivity contribution is 4.88. The summed E-state index contributed by atoms with van der Waals surface area (Å²) in [5.74, 6) is 4.76. The van der Waals surface area contributed by atoms with E-state index >= 15 is 0 Å². The fourth-order valence-electron chi connectivity index (χ4n) is 1.18. The van der Waals surface area contributed by atoms with Gasteiger partial charge in [0.05, 0.1) is 6.61 Å². The van der Waals surface area contributed by atoms with Crippen molar-refractivity contribution in [1.82, 2.24) is 0 Å². The van der Waals surface area contributed by atoms with Crippen LogP contribution in [0.4, 0.5) is 0 Å². The lowest BCUT2D eigenvalue weighted by molar-refractivity contribution is -0.302. The van der Waals surface area contributed by atoms with Gasteiger partial charge in [-0.15, -0.1) is 0 Å². The zero-order valence-corrected chi connectivity index (χ0v) is 6.78. The van der Waals surface area contributed by atoms with Crippen LogP contribution in [0.2, 0.25) is 0 Å². The third kappa shape index (κ3) is 1.97. The Kier molecular flexibility index (Phi) is 3.56. The molecular weight excluding hydrogens is 182 g/mol. The minimum absolute atomic E-state index is 0.495. The largest absolute Gasteiger partial charge is 0.394 e. The molecule has 1 saturated heterocycles. The van der Waals surface area contributed by atoms with Gasteiger partial charge in [-0.25, -0.2) is 5.90 Å². The predicted molar refractivity (Wildman–Crippen MR) is 39.0 cm³/mol. The molecule has 13 heavy (non-hydrogen) atoms. The topological polar surface area (TPSA) is 125 Å². The standard InChI is InChI=1S/C6H13NO6/c7-13-6-5(11)4(10)3(9)2(1-8)12-6/h2-6,8-11H,1,7H2/t2-,3-,4+,5-,6+/m1/s1. The summed E-state index contributed by atoms with van der Waals surface area (Å²) >= 11 is 0. The number of aliphatic hydroxyl groups is 4. The van der Waals surface area contributed by atoms with Gasteiger partial charge in [0.1, 0.15) is 24.4 Å². The Morgan fingerprint density at radius 1 is 1.15 bits per heavy atom. The first-order valence-corrected chi connectivity index (χ1v) is 3.78. The van der Waals surface area contributed by atoms with Crippen molar-refractivity contribution in [2.75, 3.05) is 6.61 Å². The van der Waals surface area contributed by atoms with Gasteiger partial charge >= 0.3 is 0 Å². The fourth-order valence-corrected chi connectivity index (χ4v) is 1.18. The molecule has 5 atom stereocenters. The molecule has 6 N–H and O–H groups in total. The molecule has 0 radical (unpaired) electrons. The normalized spacial score (nSPS) is 46.4. The third-order valence-corrected chi connectivity index (χ3v) is 1.98. The summed E-state index contributed by atoms with van der Waals surface area (Å²) in [6.07, 6.45) is -6.48. The summed E-state index contributed by atoms with van der Waals surface area (Å²) in [5, 5.41) is 36.4. The van der Waals surface area contributed by atoms with Crippen LogP contribution in [0, 0.1) is 0 Å². The molecule has 0 aliphatic carbocycles. The Balaban J connectivity index is 2.66. The van der Waals surface area contributed by atoms with Crippen LogP contribution < -0.4 is 5.90 Å². The van der Waals surface area contributed by atoms with E-state index in [2.05, 4.69) is 4.84 Å². The molecule has 1 rings (SSSR count). The Morgan fingerprint density at radius 2 is 1.77 bits per heavy atom. The number of hydrogen-bond acceptors (Lipinski definition) is 7. The molecule has 7 heteroatoms. The zero-order valence-electron chi connectivity index (χ0n) is 6.78. The molecule has 0 saturated carbocycles. The van der Waals surface area contributed by atoms with Crippen LogP contribution >= 0.6 is 0 Å². The van der Waals surface area contributed by atoms with E-state index in [-0.39, 0.29) is 0 Å². The molecular formula is C6H13NO6. The maximum atomic E-state index is 9.23. The highest BCUT2D eigenvalue weighted by Crippen LogP contribution is 2.20. The molecule has 7 nitrogen and oxygen atoms in total. The van der Waals surface area contributed by atoms with Crippen LogP contribution in [-0.4, -0.2) is 57.7 Å². The van der Waals surface area contributed by atoms with Crippen molar-refractivity contribution in [3.63, 3.8) is 0 Å². The molecule has 0 amide bonds. The van der Waals surface area contributed by atoms with Crippen molar-refractivity contribution in [2.45, 2.75) is 30.7 Å². The van der Waals surface area contributed by atoms with Crippen LogP contribution in [0.5, 0.6) is 0 Å². The van der Waals surface area contributed by atoms with Crippen LogP contribution in [0.15, 0.2) is 0 Å². The third-order valence-electron chi connectivity index (χ3n) is 1.98. The van der Waals surface area contributed by atoms with E-state index in [4.69, 9.17) is 15.7 Å². The van der Waals surface area contributed by atoms with Crippen LogP contribution in [0.1, 0.15) is 0 Å². The van der Waals surface area contributed by atoms with E-state index in [9.17, 15) is 15.3 Å². The number of aliphatic hydroxyl groups excluding tert-OH is 4. The fraction of sp³-hybridized carbons (Fsp3) is 1.00. The van der Waals surface area contributed by atoms with Crippen LogP contribution in [-0.2, 0) is 9.57 Å². The Morgan fingerprint density at radius 3 is 2.23 bits per heavy atom. The smallest absolute Gasteiger partial charge is 0.206 e. The van der Waals surface area contributed by atoms with Crippen LogP contribution in [0.25, 0.3) is 0 Å². The first-order valence-electron chi connectivity index (χ1n) is 3.78. The van der Waals surface area contributed by atoms with Gasteiger partial charge < -0.3 is 25.2 Å². The summed E-state index contributed by atoms with van der Waals surface area (Å²) in [7, 11) is 0. The second-order valence-electron chi connectivity index (χ2n) is 2.83. The number of nitrogens with two attached hydrogens (primary N) is 1. The molecule has 1 heterocycles. The van der Waals surface area contributed by atoms with E-state index in [1.807, 2.05) is 0 Å². The van der Waals surface area contributed by atoms with E-state index in [1.165, 1.54) is 0 Å². The van der Waals surface area contributed by atoms with E-state index in [1.54, 1.807) is 0 Å². The molecule has 0 unspecified atom stereocenters. The van der Waals surface area contributed by atoms with Gasteiger partial charge in [-0.05, 0) is 0 Å². The average Bonchev–Trinajstić information content (AvgIpc) is 2.15. The molecule has 78 valence electrons. The maximum absolute atomic E-state index is 9.23. The molecule has 0 spiro atoms. The quantitative estimate of drug-likeness (QED) is 0.292. The molecule has 0 aromatic heterocycles. The monoisotopic (exact) mass is 195 g/mol. The molecule has 1 aliphatic heterocycles. The second-order valence-corrected chi connectivity index (χ2v) is 2.83. The molecule has 0 aromatic rings. The number of hydrogen-bond donors (Lipinski definition) is 5. The Labute approximate surface area is 74.3 Å². The lowest BCUT2D eigenvalue weighted by Crippen LogP contribution is -2.59. The summed E-state index contributed by atoms with van der Waals surface area (Å²) in [5.41, 5.74) is 0. The highest BCUT2D eigenvalue weighted by atomic mass is 16.8. The van der Waals surface area contributed by atoms with Crippen molar-refractivity contribution >= 4 is 0 Å². The van der Waals surface area contributed by atoms with Gasteiger partial charge in [0, 0.05) is 0 Å². The minimum Gasteiger partial charge on any atom is -0.394 e. The van der Waals surface area contributed by atoms with Crippen molar-refractivity contribution in [3.05, 3.63) is 0 Å². The SMILES string of the molecule is NO[C@@H]1O[C@H](CO)[C@@H](O)[C@H](O)[C@H]1O. The first-order chi connectivity index (χ1) is 6.11. The Hall–Kier alpha value is -0.280. The van der Waals surface area contributed by atoms with Gasteiger partial charge in [0.15, 0.2) is 0 Å². The lowest BCUT2D eigenvalue weighted by Gasteiger charge is -2.38. The van der Waals surface area contributed by atoms with E-state index in [0.29, 0.717) is 0 Å². The van der Waals surface area contributed by atoms with E-state index < -0.39 is 37.3 Å². The molecule has 1 aliphatic rings. The first kappa shape index (κ1) is 10.8. The summed E-state index contributed by atoms with van der Waals surface area (Å²) in [4.78, 5) is 4.20. The predicted octanol–water partition coefficient (Wildman–Crippen LogP) is -3.32. The second kappa shape index (κ2) is 4.29. The van der Waals surface area contributed by atoms with Crippen molar-refractivity contribution < 1.29 is 30.0 Å².